The van der Waals surface area contributed by atoms with Gasteiger partial charge in [0.05, 0.1) is 23.2 Å². The van der Waals surface area contributed by atoms with Gasteiger partial charge in [0.15, 0.2) is 9.84 Å². The van der Waals surface area contributed by atoms with Crippen molar-refractivity contribution >= 4 is 9.84 Å². The zero-order valence-corrected chi connectivity index (χ0v) is 11.7. The topological polar surface area (TPSA) is 64.0 Å². The molecule has 0 aliphatic heterocycles. The van der Waals surface area contributed by atoms with Crippen molar-refractivity contribution < 1.29 is 8.42 Å². The van der Waals surface area contributed by atoms with E-state index in [2.05, 4.69) is 10.4 Å². The number of nitrogens with zero attached hydrogens (tertiary/aromatic N) is 2. The van der Waals surface area contributed by atoms with E-state index in [9.17, 15) is 8.42 Å². The quantitative estimate of drug-likeness (QED) is 0.818. The molecule has 0 aliphatic rings. The summed E-state index contributed by atoms with van der Waals surface area (Å²) in [5.74, 6) is 0.144. The Morgan fingerprint density at radius 3 is 2.65 bits per heavy atom. The average Bonchev–Trinajstić information content (AvgIpc) is 2.57. The first-order valence-corrected chi connectivity index (χ1v) is 7.47. The lowest BCUT2D eigenvalue weighted by molar-refractivity contribution is 0.572. The largest absolute Gasteiger partial charge is 0.316 e. The van der Waals surface area contributed by atoms with Gasteiger partial charge in [0.2, 0.25) is 0 Å². The second kappa shape index (κ2) is 5.64. The molecule has 1 rings (SSSR count). The third-order valence-corrected chi connectivity index (χ3v) is 4.93. The van der Waals surface area contributed by atoms with Gasteiger partial charge in [-0.15, -0.1) is 0 Å². The highest BCUT2D eigenvalue weighted by Gasteiger charge is 2.16. The van der Waals surface area contributed by atoms with Crippen molar-refractivity contribution in [2.24, 2.45) is 0 Å². The zero-order valence-electron chi connectivity index (χ0n) is 10.9. The van der Waals surface area contributed by atoms with Crippen molar-refractivity contribution in [3.63, 3.8) is 0 Å². The van der Waals surface area contributed by atoms with Crippen LogP contribution in [0.15, 0.2) is 6.20 Å². The van der Waals surface area contributed by atoms with Crippen LogP contribution in [0, 0.1) is 6.92 Å². The SMILES string of the molecule is CNCc1cn(CCS(=O)(=O)C(C)C)nc1C. The van der Waals surface area contributed by atoms with Crippen LogP contribution in [0.3, 0.4) is 0 Å². The monoisotopic (exact) mass is 259 g/mol. The van der Waals surface area contributed by atoms with Crippen LogP contribution in [0.4, 0.5) is 0 Å². The van der Waals surface area contributed by atoms with Gasteiger partial charge in [-0.1, -0.05) is 0 Å². The minimum atomic E-state index is -2.99. The van der Waals surface area contributed by atoms with Gasteiger partial charge >= 0.3 is 0 Å². The van der Waals surface area contributed by atoms with Crippen LogP contribution in [-0.4, -0.2) is 36.2 Å². The average molecular weight is 259 g/mol. The number of aryl methyl sites for hydroxylation is 2. The molecule has 0 saturated carbocycles. The van der Waals surface area contributed by atoms with E-state index in [1.54, 1.807) is 18.5 Å². The Morgan fingerprint density at radius 2 is 2.12 bits per heavy atom. The summed E-state index contributed by atoms with van der Waals surface area (Å²) in [6, 6.07) is 0. The normalized spacial score (nSPS) is 12.3. The summed E-state index contributed by atoms with van der Waals surface area (Å²) in [6.45, 7) is 6.51. The van der Waals surface area contributed by atoms with E-state index in [-0.39, 0.29) is 11.0 Å². The van der Waals surface area contributed by atoms with E-state index in [1.165, 1.54) is 0 Å². The molecular formula is C11H21N3O2S. The fraction of sp³-hybridized carbons (Fsp3) is 0.727. The van der Waals surface area contributed by atoms with Gasteiger partial charge in [-0.2, -0.15) is 5.10 Å². The molecule has 1 aromatic heterocycles. The van der Waals surface area contributed by atoms with E-state index in [0.29, 0.717) is 6.54 Å². The Hall–Kier alpha value is -0.880. The third-order valence-electron chi connectivity index (χ3n) is 2.74. The molecule has 17 heavy (non-hydrogen) atoms. The number of aromatic nitrogens is 2. The standard InChI is InChI=1S/C11H21N3O2S/c1-9(2)17(15,16)6-5-14-8-11(7-12-4)10(3)13-14/h8-9,12H,5-7H2,1-4H3. The van der Waals surface area contributed by atoms with Crippen molar-refractivity contribution in [3.05, 3.63) is 17.5 Å². The molecule has 1 heterocycles. The maximum Gasteiger partial charge on any atom is 0.154 e. The molecule has 0 unspecified atom stereocenters. The molecule has 5 nitrogen and oxygen atoms in total. The van der Waals surface area contributed by atoms with Crippen molar-refractivity contribution in [2.45, 2.75) is 39.1 Å². The first-order chi connectivity index (χ1) is 7.86. The lowest BCUT2D eigenvalue weighted by Crippen LogP contribution is -2.21. The molecule has 6 heteroatoms. The zero-order chi connectivity index (χ0) is 13.1. The van der Waals surface area contributed by atoms with Crippen LogP contribution in [0.2, 0.25) is 0 Å². The van der Waals surface area contributed by atoms with Gasteiger partial charge < -0.3 is 5.32 Å². The fourth-order valence-corrected chi connectivity index (χ4v) is 2.41. The number of rotatable bonds is 6. The summed E-state index contributed by atoms with van der Waals surface area (Å²) >= 11 is 0. The highest BCUT2D eigenvalue weighted by molar-refractivity contribution is 7.91. The van der Waals surface area contributed by atoms with Gasteiger partial charge in [0, 0.05) is 18.3 Å². The molecule has 0 amide bonds. The number of sulfone groups is 1. The smallest absolute Gasteiger partial charge is 0.154 e. The van der Waals surface area contributed by atoms with Gasteiger partial charge in [-0.05, 0) is 27.8 Å². The van der Waals surface area contributed by atoms with E-state index in [1.807, 2.05) is 20.2 Å². The number of hydrogen-bond donors (Lipinski definition) is 1. The molecule has 0 radical (unpaired) electrons. The molecule has 0 aliphatic carbocycles. The van der Waals surface area contributed by atoms with Crippen molar-refractivity contribution in [1.82, 2.24) is 15.1 Å². The molecule has 1 N–H and O–H groups in total. The summed E-state index contributed by atoms with van der Waals surface area (Å²) in [6.07, 6.45) is 1.90. The summed E-state index contributed by atoms with van der Waals surface area (Å²) in [5, 5.41) is 7.04. The van der Waals surface area contributed by atoms with Crippen LogP contribution < -0.4 is 5.32 Å². The highest BCUT2D eigenvalue weighted by Crippen LogP contribution is 2.07. The van der Waals surface area contributed by atoms with Crippen molar-refractivity contribution in [2.75, 3.05) is 12.8 Å². The first-order valence-electron chi connectivity index (χ1n) is 5.76. The molecule has 0 saturated heterocycles. The van der Waals surface area contributed by atoms with Crippen LogP contribution in [0.25, 0.3) is 0 Å². The molecule has 0 bridgehead atoms. The molecule has 1 aromatic rings. The van der Waals surface area contributed by atoms with E-state index in [4.69, 9.17) is 0 Å². The summed E-state index contributed by atoms with van der Waals surface area (Å²) in [7, 11) is -1.11. The Morgan fingerprint density at radius 1 is 1.47 bits per heavy atom. The molecule has 0 fully saturated rings. The number of nitrogens with one attached hydrogen (secondary N) is 1. The van der Waals surface area contributed by atoms with Crippen LogP contribution in [0.5, 0.6) is 0 Å². The highest BCUT2D eigenvalue weighted by atomic mass is 32.2. The predicted octanol–water partition coefficient (Wildman–Crippen LogP) is 0.734. The molecular weight excluding hydrogens is 238 g/mol. The number of hydrogen-bond acceptors (Lipinski definition) is 4. The second-order valence-electron chi connectivity index (χ2n) is 4.45. The summed E-state index contributed by atoms with van der Waals surface area (Å²) in [5.41, 5.74) is 2.05. The summed E-state index contributed by atoms with van der Waals surface area (Å²) < 4.78 is 25.0. The van der Waals surface area contributed by atoms with Crippen LogP contribution >= 0.6 is 0 Å². The maximum atomic E-state index is 11.7. The van der Waals surface area contributed by atoms with Crippen molar-refractivity contribution in [3.8, 4) is 0 Å². The third kappa shape index (κ3) is 3.81. The minimum Gasteiger partial charge on any atom is -0.316 e. The van der Waals surface area contributed by atoms with E-state index < -0.39 is 9.84 Å². The Labute approximate surface area is 103 Å². The van der Waals surface area contributed by atoms with Crippen LogP contribution in [-0.2, 0) is 22.9 Å². The summed E-state index contributed by atoms with van der Waals surface area (Å²) in [4.78, 5) is 0. The van der Waals surface area contributed by atoms with Gasteiger partial charge in [-0.3, -0.25) is 4.68 Å². The maximum absolute atomic E-state index is 11.7. The second-order valence-corrected chi connectivity index (χ2v) is 7.13. The van der Waals surface area contributed by atoms with Gasteiger partial charge in [0.25, 0.3) is 0 Å². The lowest BCUT2D eigenvalue weighted by Gasteiger charge is -2.07. The Kier molecular flexibility index (Phi) is 4.70. The molecule has 0 spiro atoms. The first kappa shape index (κ1) is 14.2. The van der Waals surface area contributed by atoms with Crippen LogP contribution in [0.1, 0.15) is 25.1 Å². The minimum absolute atomic E-state index is 0.144. The predicted molar refractivity (Wildman–Crippen MR) is 68.7 cm³/mol. The molecule has 0 atom stereocenters. The van der Waals surface area contributed by atoms with Gasteiger partial charge in [-0.25, -0.2) is 8.42 Å². The Balaban J connectivity index is 2.67. The van der Waals surface area contributed by atoms with E-state index >= 15 is 0 Å². The lowest BCUT2D eigenvalue weighted by atomic mass is 10.3. The molecule has 0 aromatic carbocycles. The van der Waals surface area contributed by atoms with Gasteiger partial charge in [0.1, 0.15) is 0 Å². The van der Waals surface area contributed by atoms with Crippen molar-refractivity contribution in [1.29, 1.82) is 0 Å². The van der Waals surface area contributed by atoms with E-state index in [0.717, 1.165) is 17.8 Å². The molecule has 98 valence electrons. The Bertz CT molecular complexity index is 463. The fourth-order valence-electron chi connectivity index (χ4n) is 1.49.